The molecule has 0 bridgehead atoms. The number of nitrogens with one attached hydrogen (secondary N) is 1. The van der Waals surface area contributed by atoms with Crippen LogP contribution in [-0.2, 0) is 9.53 Å². The van der Waals surface area contributed by atoms with E-state index >= 15 is 0 Å². The Kier molecular flexibility index (Phi) is 8.50. The summed E-state index contributed by atoms with van der Waals surface area (Å²) in [6.45, 7) is 8.67. The van der Waals surface area contributed by atoms with Crippen LogP contribution in [0.15, 0.2) is 36.4 Å². The molecule has 0 spiro atoms. The van der Waals surface area contributed by atoms with Crippen LogP contribution in [0.25, 0.3) is 0 Å². The molecular weight excluding hydrogens is 498 g/mol. The number of halogens is 1. The summed E-state index contributed by atoms with van der Waals surface area (Å²) < 4.78 is 5.42. The Morgan fingerprint density at radius 2 is 1.65 bits per heavy atom. The van der Waals surface area contributed by atoms with Crippen LogP contribution in [0, 0.1) is 16.0 Å². The molecule has 0 aliphatic carbocycles. The Balaban J connectivity index is 1.56. The second kappa shape index (κ2) is 11.8. The normalized spacial score (nSPS) is 16.2. The highest BCUT2D eigenvalue weighted by molar-refractivity contribution is 6.31. The maximum Gasteiger partial charge on any atom is 0.270 e. The van der Waals surface area contributed by atoms with Gasteiger partial charge in [0.25, 0.3) is 11.6 Å². The largest absolute Gasteiger partial charge is 0.378 e. The zero-order valence-electron chi connectivity index (χ0n) is 21.1. The molecule has 37 heavy (non-hydrogen) atoms. The summed E-state index contributed by atoms with van der Waals surface area (Å²) in [4.78, 5) is 42.9. The Morgan fingerprint density at radius 1 is 1.00 bits per heavy atom. The third kappa shape index (κ3) is 6.50. The van der Waals surface area contributed by atoms with Gasteiger partial charge in [0.1, 0.15) is 0 Å². The number of benzene rings is 2. The average molecular weight is 530 g/mol. The van der Waals surface area contributed by atoms with Crippen molar-refractivity contribution in [2.24, 2.45) is 5.92 Å². The summed E-state index contributed by atoms with van der Waals surface area (Å²) in [7, 11) is 0. The number of nitro benzene ring substituents is 1. The molecule has 4 rings (SSSR count). The topological polar surface area (TPSA) is 108 Å². The fraction of sp³-hybridized carbons (Fsp3) is 0.462. The van der Waals surface area contributed by atoms with Gasteiger partial charge in [0.05, 0.1) is 40.8 Å². The number of nitrogens with zero attached hydrogens (tertiary/aromatic N) is 4. The quantitative estimate of drug-likeness (QED) is 0.426. The van der Waals surface area contributed by atoms with Crippen LogP contribution in [0.2, 0.25) is 5.02 Å². The van der Waals surface area contributed by atoms with Crippen molar-refractivity contribution >= 4 is 46.2 Å². The number of non-ortho nitro benzene ring substituents is 1. The third-order valence-electron chi connectivity index (χ3n) is 6.55. The number of nitro groups is 1. The second-order valence-corrected chi connectivity index (χ2v) is 10.1. The van der Waals surface area contributed by atoms with Gasteiger partial charge in [-0.3, -0.25) is 19.7 Å². The monoisotopic (exact) mass is 529 g/mol. The first-order valence-corrected chi connectivity index (χ1v) is 12.9. The highest BCUT2D eigenvalue weighted by atomic mass is 35.5. The van der Waals surface area contributed by atoms with Gasteiger partial charge in [-0.2, -0.15) is 0 Å². The molecule has 198 valence electrons. The van der Waals surface area contributed by atoms with Gasteiger partial charge < -0.3 is 24.8 Å². The first kappa shape index (κ1) is 26.7. The van der Waals surface area contributed by atoms with E-state index in [1.807, 2.05) is 29.7 Å². The molecule has 0 saturated carbocycles. The molecule has 1 N–H and O–H groups in total. The molecule has 10 nitrogen and oxygen atoms in total. The lowest BCUT2D eigenvalue weighted by molar-refractivity contribution is -0.384. The molecule has 2 aromatic carbocycles. The summed E-state index contributed by atoms with van der Waals surface area (Å²) in [6, 6.07) is 9.62. The SMILES string of the molecule is CC(C)CC(=O)N1CCN(c2ccc(Cl)cc2NC(=O)c2cc([N+](=O)[O-])ccc2N2CCOCC2)CC1. The maximum absolute atomic E-state index is 13.5. The van der Waals surface area contributed by atoms with Gasteiger partial charge in [-0.15, -0.1) is 0 Å². The number of amides is 2. The Bertz CT molecular complexity index is 1160. The highest BCUT2D eigenvalue weighted by Crippen LogP contribution is 2.33. The zero-order valence-corrected chi connectivity index (χ0v) is 21.9. The van der Waals surface area contributed by atoms with Crippen molar-refractivity contribution < 1.29 is 19.2 Å². The van der Waals surface area contributed by atoms with E-state index in [2.05, 4.69) is 10.2 Å². The summed E-state index contributed by atoms with van der Waals surface area (Å²) in [5, 5.41) is 14.8. The lowest BCUT2D eigenvalue weighted by Crippen LogP contribution is -2.49. The lowest BCUT2D eigenvalue weighted by atomic mass is 10.1. The summed E-state index contributed by atoms with van der Waals surface area (Å²) in [6.07, 6.45) is 0.525. The molecule has 2 heterocycles. The number of morpholine rings is 1. The molecule has 0 aromatic heterocycles. The number of hydrogen-bond acceptors (Lipinski definition) is 7. The minimum Gasteiger partial charge on any atom is -0.378 e. The van der Waals surface area contributed by atoms with Crippen molar-refractivity contribution in [3.8, 4) is 0 Å². The van der Waals surface area contributed by atoms with E-state index in [4.69, 9.17) is 16.3 Å². The number of ether oxygens (including phenoxy) is 1. The van der Waals surface area contributed by atoms with Crippen molar-refractivity contribution in [2.75, 3.05) is 67.6 Å². The smallest absolute Gasteiger partial charge is 0.270 e. The molecule has 2 aliphatic rings. The van der Waals surface area contributed by atoms with Crippen LogP contribution in [0.5, 0.6) is 0 Å². The molecule has 2 aliphatic heterocycles. The van der Waals surface area contributed by atoms with Crippen molar-refractivity contribution in [1.29, 1.82) is 0 Å². The third-order valence-corrected chi connectivity index (χ3v) is 6.79. The van der Waals surface area contributed by atoms with Crippen molar-refractivity contribution in [2.45, 2.75) is 20.3 Å². The molecule has 2 fully saturated rings. The van der Waals surface area contributed by atoms with E-state index < -0.39 is 10.8 Å². The summed E-state index contributed by atoms with van der Waals surface area (Å²) in [5.74, 6) is -0.000161. The fourth-order valence-electron chi connectivity index (χ4n) is 4.65. The number of carbonyl (C=O) groups is 2. The fourth-order valence-corrected chi connectivity index (χ4v) is 4.82. The van der Waals surface area contributed by atoms with Gasteiger partial charge in [0.15, 0.2) is 0 Å². The first-order valence-electron chi connectivity index (χ1n) is 12.5. The Morgan fingerprint density at radius 3 is 2.30 bits per heavy atom. The van der Waals surface area contributed by atoms with E-state index in [0.717, 1.165) is 5.69 Å². The van der Waals surface area contributed by atoms with Gasteiger partial charge in [-0.1, -0.05) is 25.4 Å². The molecule has 0 radical (unpaired) electrons. The van der Waals surface area contributed by atoms with Gasteiger partial charge in [-0.05, 0) is 30.2 Å². The lowest BCUT2D eigenvalue weighted by Gasteiger charge is -2.37. The molecule has 11 heteroatoms. The number of anilines is 3. The van der Waals surface area contributed by atoms with Crippen LogP contribution in [-0.4, -0.2) is 74.1 Å². The maximum atomic E-state index is 13.5. The van der Waals surface area contributed by atoms with Gasteiger partial charge in [0.2, 0.25) is 5.91 Å². The second-order valence-electron chi connectivity index (χ2n) is 9.64. The van der Waals surface area contributed by atoms with Crippen molar-refractivity contribution in [3.63, 3.8) is 0 Å². The van der Waals surface area contributed by atoms with Crippen molar-refractivity contribution in [1.82, 2.24) is 4.90 Å². The molecular formula is C26H32ClN5O5. The van der Waals surface area contributed by atoms with E-state index in [1.165, 1.54) is 12.1 Å². The number of carbonyl (C=O) groups excluding carboxylic acids is 2. The van der Waals surface area contributed by atoms with E-state index in [9.17, 15) is 19.7 Å². The zero-order chi connectivity index (χ0) is 26.5. The first-order chi connectivity index (χ1) is 17.7. The van der Waals surface area contributed by atoms with Crippen LogP contribution in [0.1, 0.15) is 30.6 Å². The molecule has 0 atom stereocenters. The van der Waals surface area contributed by atoms with Crippen LogP contribution in [0.3, 0.4) is 0 Å². The average Bonchev–Trinajstić information content (AvgIpc) is 2.88. The minimum absolute atomic E-state index is 0.153. The van der Waals surface area contributed by atoms with Gasteiger partial charge in [0, 0.05) is 62.8 Å². The Labute approximate surface area is 221 Å². The van der Waals surface area contributed by atoms with Crippen LogP contribution in [0.4, 0.5) is 22.7 Å². The van der Waals surface area contributed by atoms with E-state index in [-0.39, 0.29) is 17.2 Å². The molecule has 2 saturated heterocycles. The predicted molar refractivity (Wildman–Crippen MR) is 144 cm³/mol. The predicted octanol–water partition coefficient (Wildman–Crippen LogP) is 4.03. The summed E-state index contributed by atoms with van der Waals surface area (Å²) >= 11 is 6.28. The Hall–Kier alpha value is -3.37. The highest BCUT2D eigenvalue weighted by Gasteiger charge is 2.26. The molecule has 2 aromatic rings. The molecule has 2 amide bonds. The molecule has 0 unspecified atom stereocenters. The van der Waals surface area contributed by atoms with Gasteiger partial charge in [-0.25, -0.2) is 0 Å². The van der Waals surface area contributed by atoms with Gasteiger partial charge >= 0.3 is 0 Å². The number of piperazine rings is 1. The summed E-state index contributed by atoms with van der Waals surface area (Å²) in [5.41, 5.74) is 1.97. The standard InChI is InChI=1S/C26H32ClN5O5/c1-18(2)15-25(33)31-9-7-29(8-10-31)24-5-3-19(27)16-22(24)28-26(34)21-17-20(32(35)36)4-6-23(21)30-11-13-37-14-12-30/h3-6,16-18H,7-15H2,1-2H3,(H,28,34). The van der Waals surface area contributed by atoms with E-state index in [1.54, 1.807) is 18.2 Å². The van der Waals surface area contributed by atoms with Crippen molar-refractivity contribution in [3.05, 3.63) is 57.1 Å². The minimum atomic E-state index is -0.509. The van der Waals surface area contributed by atoms with Crippen LogP contribution < -0.4 is 15.1 Å². The number of rotatable bonds is 7. The number of hydrogen-bond donors (Lipinski definition) is 1. The van der Waals surface area contributed by atoms with Crippen LogP contribution >= 0.6 is 11.6 Å². The van der Waals surface area contributed by atoms with E-state index in [0.29, 0.717) is 81.2 Å².